The first-order chi connectivity index (χ1) is 9.23. The number of rotatable bonds is 4. The number of hydrogen-bond donors (Lipinski definition) is 1. The van der Waals surface area contributed by atoms with Crippen LogP contribution in [0.5, 0.6) is 5.75 Å². The molecule has 0 aliphatic carbocycles. The van der Waals surface area contributed by atoms with Gasteiger partial charge in [0.25, 0.3) is 0 Å². The molecule has 7 heteroatoms. The molecule has 1 aromatic rings. The minimum atomic E-state index is -3.83. The summed E-state index contributed by atoms with van der Waals surface area (Å²) in [4.78, 5) is 11.0. The maximum Gasteiger partial charge on any atom is 0.321 e. The van der Waals surface area contributed by atoms with Crippen LogP contribution in [-0.4, -0.2) is 43.0 Å². The average Bonchev–Trinajstić information content (AvgIpc) is 2.75. The van der Waals surface area contributed by atoms with Crippen molar-refractivity contribution in [1.82, 2.24) is 4.31 Å². The lowest BCUT2D eigenvalue weighted by molar-refractivity contribution is -0.140. The third kappa shape index (κ3) is 2.51. The van der Waals surface area contributed by atoms with Gasteiger partial charge in [0.15, 0.2) is 0 Å². The zero-order chi connectivity index (χ0) is 15.1. The molecule has 0 spiro atoms. The maximum absolute atomic E-state index is 12.4. The van der Waals surface area contributed by atoms with E-state index in [1.54, 1.807) is 12.1 Å². The Morgan fingerprint density at radius 3 is 2.75 bits per heavy atom. The van der Waals surface area contributed by atoms with Crippen LogP contribution >= 0.6 is 0 Å². The molecule has 6 nitrogen and oxygen atoms in total. The zero-order valence-electron chi connectivity index (χ0n) is 11.5. The highest BCUT2D eigenvalue weighted by atomic mass is 32.2. The molecule has 0 radical (unpaired) electrons. The smallest absolute Gasteiger partial charge is 0.321 e. The van der Waals surface area contributed by atoms with E-state index in [1.165, 1.54) is 20.0 Å². The van der Waals surface area contributed by atoms with Gasteiger partial charge in [-0.25, -0.2) is 8.42 Å². The van der Waals surface area contributed by atoms with E-state index in [9.17, 15) is 13.2 Å². The van der Waals surface area contributed by atoms with Gasteiger partial charge < -0.3 is 9.84 Å². The molecule has 2 unspecified atom stereocenters. The summed E-state index contributed by atoms with van der Waals surface area (Å²) in [6.45, 7) is 3.24. The molecular weight excluding hydrogens is 282 g/mol. The van der Waals surface area contributed by atoms with Crippen molar-refractivity contribution in [1.29, 1.82) is 0 Å². The molecule has 2 atom stereocenters. The SMILES string of the molecule is CC1Cc2cc(S(=O)(=O)N(C)C(C)C(=O)O)ccc2O1. The third-order valence-corrected chi connectivity index (χ3v) is 5.37. The van der Waals surface area contributed by atoms with Gasteiger partial charge in [0.2, 0.25) is 10.0 Å². The minimum Gasteiger partial charge on any atom is -0.490 e. The van der Waals surface area contributed by atoms with Crippen molar-refractivity contribution in [2.75, 3.05) is 7.05 Å². The van der Waals surface area contributed by atoms with E-state index in [-0.39, 0.29) is 11.0 Å². The molecule has 0 aromatic heterocycles. The molecular formula is C13H17NO5S. The first-order valence-corrected chi connectivity index (χ1v) is 7.68. The Balaban J connectivity index is 2.36. The van der Waals surface area contributed by atoms with E-state index in [0.29, 0.717) is 12.2 Å². The second-order valence-corrected chi connectivity index (χ2v) is 6.94. The normalized spacial score (nSPS) is 19.5. The molecule has 1 aliphatic heterocycles. The highest BCUT2D eigenvalue weighted by Gasteiger charge is 2.31. The van der Waals surface area contributed by atoms with Gasteiger partial charge in [-0.1, -0.05) is 0 Å². The standard InChI is InChI=1S/C13H17NO5S/c1-8-6-10-7-11(4-5-12(10)19-8)20(17,18)14(3)9(2)13(15)16/h4-5,7-9H,6H2,1-3H3,(H,15,16). The third-order valence-electron chi connectivity index (χ3n) is 3.45. The van der Waals surface area contributed by atoms with E-state index < -0.39 is 22.0 Å². The predicted molar refractivity (Wildman–Crippen MR) is 72.3 cm³/mol. The number of carboxylic acids is 1. The van der Waals surface area contributed by atoms with Crippen LogP contribution < -0.4 is 4.74 Å². The van der Waals surface area contributed by atoms with Crippen molar-refractivity contribution >= 4 is 16.0 Å². The summed E-state index contributed by atoms with van der Waals surface area (Å²) in [5.41, 5.74) is 0.829. The van der Waals surface area contributed by atoms with Crippen LogP contribution in [0.25, 0.3) is 0 Å². The molecule has 1 heterocycles. The Hall–Kier alpha value is -1.60. The Morgan fingerprint density at radius 2 is 2.15 bits per heavy atom. The first-order valence-electron chi connectivity index (χ1n) is 6.24. The largest absolute Gasteiger partial charge is 0.490 e. The second-order valence-electron chi connectivity index (χ2n) is 4.94. The van der Waals surface area contributed by atoms with E-state index in [1.807, 2.05) is 6.92 Å². The lowest BCUT2D eigenvalue weighted by Crippen LogP contribution is -2.40. The van der Waals surface area contributed by atoms with Crippen LogP contribution in [0.15, 0.2) is 23.1 Å². The van der Waals surface area contributed by atoms with Crippen LogP contribution in [-0.2, 0) is 21.2 Å². The second kappa shape index (κ2) is 5.06. The molecule has 0 bridgehead atoms. The summed E-state index contributed by atoms with van der Waals surface area (Å²) in [5, 5.41) is 8.93. The van der Waals surface area contributed by atoms with Crippen LogP contribution in [0.3, 0.4) is 0 Å². The lowest BCUT2D eigenvalue weighted by atomic mass is 10.1. The first kappa shape index (κ1) is 14.8. The van der Waals surface area contributed by atoms with Gasteiger partial charge in [0, 0.05) is 13.5 Å². The van der Waals surface area contributed by atoms with E-state index in [4.69, 9.17) is 9.84 Å². The number of fused-ring (bicyclic) bond motifs is 1. The number of carboxylic acid groups (broad SMARTS) is 1. The molecule has 0 saturated carbocycles. The Kier molecular flexibility index (Phi) is 3.75. The lowest BCUT2D eigenvalue weighted by Gasteiger charge is -2.21. The van der Waals surface area contributed by atoms with Crippen LogP contribution in [0, 0.1) is 0 Å². The average molecular weight is 299 g/mol. The maximum atomic E-state index is 12.4. The number of hydrogen-bond acceptors (Lipinski definition) is 4. The molecule has 0 fully saturated rings. The quantitative estimate of drug-likeness (QED) is 0.900. The van der Waals surface area contributed by atoms with Crippen LogP contribution in [0.2, 0.25) is 0 Å². The van der Waals surface area contributed by atoms with Crippen LogP contribution in [0.1, 0.15) is 19.4 Å². The minimum absolute atomic E-state index is 0.0265. The Labute approximate surface area is 118 Å². The van der Waals surface area contributed by atoms with E-state index >= 15 is 0 Å². The monoisotopic (exact) mass is 299 g/mol. The van der Waals surface area contributed by atoms with Gasteiger partial charge >= 0.3 is 5.97 Å². The fourth-order valence-electron chi connectivity index (χ4n) is 2.09. The summed E-state index contributed by atoms with van der Waals surface area (Å²) in [5.74, 6) is -0.500. The number of ether oxygens (including phenoxy) is 1. The molecule has 20 heavy (non-hydrogen) atoms. The molecule has 1 N–H and O–H groups in total. The van der Waals surface area contributed by atoms with E-state index in [2.05, 4.69) is 0 Å². The summed E-state index contributed by atoms with van der Waals surface area (Å²) in [6.07, 6.45) is 0.676. The van der Waals surface area contributed by atoms with Crippen molar-refractivity contribution in [3.63, 3.8) is 0 Å². The molecule has 110 valence electrons. The van der Waals surface area contributed by atoms with Gasteiger partial charge in [-0.15, -0.1) is 0 Å². The van der Waals surface area contributed by atoms with Crippen LogP contribution in [0.4, 0.5) is 0 Å². The van der Waals surface area contributed by atoms with Gasteiger partial charge in [-0.05, 0) is 37.6 Å². The number of aliphatic carboxylic acids is 1. The molecule has 2 rings (SSSR count). The molecule has 0 amide bonds. The number of sulfonamides is 1. The summed E-state index contributed by atoms with van der Waals surface area (Å²) in [7, 11) is -2.56. The number of carbonyl (C=O) groups is 1. The Bertz CT molecular complexity index is 640. The highest BCUT2D eigenvalue weighted by Crippen LogP contribution is 2.31. The van der Waals surface area contributed by atoms with Crippen molar-refractivity contribution in [2.24, 2.45) is 0 Å². The van der Waals surface area contributed by atoms with E-state index in [0.717, 1.165) is 9.87 Å². The highest BCUT2D eigenvalue weighted by molar-refractivity contribution is 7.89. The zero-order valence-corrected chi connectivity index (χ0v) is 12.3. The fraction of sp³-hybridized carbons (Fsp3) is 0.462. The fourth-order valence-corrected chi connectivity index (χ4v) is 3.46. The van der Waals surface area contributed by atoms with Gasteiger partial charge in [-0.3, -0.25) is 4.79 Å². The number of benzene rings is 1. The summed E-state index contributed by atoms with van der Waals surface area (Å²) < 4.78 is 31.1. The Morgan fingerprint density at radius 1 is 1.50 bits per heavy atom. The van der Waals surface area contributed by atoms with Gasteiger partial charge in [-0.2, -0.15) is 4.31 Å². The summed E-state index contributed by atoms with van der Waals surface area (Å²) in [6, 6.07) is 3.49. The van der Waals surface area contributed by atoms with Crippen molar-refractivity contribution in [3.05, 3.63) is 23.8 Å². The summed E-state index contributed by atoms with van der Waals surface area (Å²) >= 11 is 0. The molecule has 0 saturated heterocycles. The predicted octanol–water partition coefficient (Wildman–Crippen LogP) is 1.10. The molecule has 1 aliphatic rings. The van der Waals surface area contributed by atoms with Crippen molar-refractivity contribution < 1.29 is 23.1 Å². The van der Waals surface area contributed by atoms with Crippen molar-refractivity contribution in [2.45, 2.75) is 37.3 Å². The molecule has 1 aromatic carbocycles. The van der Waals surface area contributed by atoms with Crippen molar-refractivity contribution in [3.8, 4) is 5.75 Å². The van der Waals surface area contributed by atoms with Gasteiger partial charge in [0.05, 0.1) is 4.90 Å². The number of likely N-dealkylation sites (N-methyl/N-ethyl adjacent to an activating group) is 1. The number of nitrogens with zero attached hydrogens (tertiary/aromatic N) is 1. The van der Waals surface area contributed by atoms with Gasteiger partial charge in [0.1, 0.15) is 17.9 Å². The topological polar surface area (TPSA) is 83.9 Å².